The van der Waals surface area contributed by atoms with Crippen molar-refractivity contribution in [2.45, 2.75) is 38.3 Å². The molecule has 5 heteroatoms. The number of rotatable bonds is 2. The number of ether oxygens (including phenoxy) is 1. The highest BCUT2D eigenvalue weighted by Gasteiger charge is 2.38. The number of nitrogen functional groups attached to an aromatic ring is 1. The lowest BCUT2D eigenvalue weighted by molar-refractivity contribution is -0.0445. The average molecular weight is 275 g/mol. The van der Waals surface area contributed by atoms with E-state index in [9.17, 15) is 4.79 Å². The maximum Gasteiger partial charge on any atom is 0.254 e. The van der Waals surface area contributed by atoms with Crippen LogP contribution in [0.5, 0.6) is 0 Å². The quantitative estimate of drug-likeness (QED) is 0.636. The van der Waals surface area contributed by atoms with Crippen LogP contribution in [0.25, 0.3) is 0 Å². The highest BCUT2D eigenvalue weighted by molar-refractivity contribution is 5.96. The molecule has 108 valence electrons. The van der Waals surface area contributed by atoms with Gasteiger partial charge < -0.3 is 15.1 Å². The molecule has 1 heterocycles. The minimum atomic E-state index is 0.117. The highest BCUT2D eigenvalue weighted by Crippen LogP contribution is 2.31. The van der Waals surface area contributed by atoms with Gasteiger partial charge in [-0.05, 0) is 49.9 Å². The van der Waals surface area contributed by atoms with Gasteiger partial charge in [0.05, 0.1) is 18.8 Å². The number of hydrogen-bond acceptors (Lipinski definition) is 4. The molecule has 0 aromatic heterocycles. The van der Waals surface area contributed by atoms with Crippen LogP contribution < -0.4 is 11.3 Å². The number of nitrogens with zero attached hydrogens (tertiary/aromatic N) is 1. The third kappa shape index (κ3) is 2.27. The Hall–Kier alpha value is -1.59. The van der Waals surface area contributed by atoms with E-state index in [0.29, 0.717) is 13.2 Å². The lowest BCUT2D eigenvalue weighted by Crippen LogP contribution is -2.51. The number of benzene rings is 1. The first-order chi connectivity index (χ1) is 9.70. The van der Waals surface area contributed by atoms with Gasteiger partial charge in [-0.15, -0.1) is 0 Å². The largest absolute Gasteiger partial charge is 0.374 e. The fourth-order valence-electron chi connectivity index (χ4n) is 3.33. The minimum absolute atomic E-state index is 0.117. The van der Waals surface area contributed by atoms with Gasteiger partial charge in [0, 0.05) is 17.8 Å². The Labute approximate surface area is 119 Å². The van der Waals surface area contributed by atoms with Crippen molar-refractivity contribution >= 4 is 11.6 Å². The van der Waals surface area contributed by atoms with Crippen LogP contribution in [0, 0.1) is 6.92 Å². The van der Waals surface area contributed by atoms with Crippen LogP contribution in [0.4, 0.5) is 5.69 Å². The van der Waals surface area contributed by atoms with Gasteiger partial charge in [0.2, 0.25) is 0 Å². The van der Waals surface area contributed by atoms with E-state index < -0.39 is 0 Å². The predicted octanol–water partition coefficient (Wildman–Crippen LogP) is 1.67. The molecule has 1 amide bonds. The van der Waals surface area contributed by atoms with Crippen LogP contribution >= 0.6 is 0 Å². The lowest BCUT2D eigenvalue weighted by Gasteiger charge is -2.38. The molecule has 3 N–H and O–H groups in total. The van der Waals surface area contributed by atoms with E-state index in [4.69, 9.17) is 10.6 Å². The summed E-state index contributed by atoms with van der Waals surface area (Å²) in [5.74, 6) is 5.51. The summed E-state index contributed by atoms with van der Waals surface area (Å²) in [6, 6.07) is 5.85. The van der Waals surface area contributed by atoms with Gasteiger partial charge in [0.15, 0.2) is 0 Å². The van der Waals surface area contributed by atoms with Crippen molar-refractivity contribution in [2.24, 2.45) is 5.84 Å². The van der Waals surface area contributed by atoms with Gasteiger partial charge in [0.25, 0.3) is 5.91 Å². The lowest BCUT2D eigenvalue weighted by atomic mass is 10.0. The molecule has 2 unspecified atom stereocenters. The van der Waals surface area contributed by atoms with E-state index in [1.807, 2.05) is 30.0 Å². The molecule has 0 radical (unpaired) electrons. The SMILES string of the molecule is Cc1cc(NN)ccc1C(=O)N1CCOC2CCCC21. The van der Waals surface area contributed by atoms with Gasteiger partial charge >= 0.3 is 0 Å². The zero-order valence-electron chi connectivity index (χ0n) is 11.8. The van der Waals surface area contributed by atoms with Gasteiger partial charge in [-0.25, -0.2) is 0 Å². The number of morpholine rings is 1. The van der Waals surface area contributed by atoms with Crippen molar-refractivity contribution < 1.29 is 9.53 Å². The zero-order valence-corrected chi connectivity index (χ0v) is 11.8. The van der Waals surface area contributed by atoms with Crippen molar-refractivity contribution in [3.05, 3.63) is 29.3 Å². The predicted molar refractivity (Wildman–Crippen MR) is 77.4 cm³/mol. The van der Waals surface area contributed by atoms with Crippen molar-refractivity contribution in [1.82, 2.24) is 4.90 Å². The first kappa shape index (κ1) is 13.4. The molecule has 1 aliphatic heterocycles. The topological polar surface area (TPSA) is 67.6 Å². The molecule has 1 aromatic carbocycles. The van der Waals surface area contributed by atoms with Crippen LogP contribution in [-0.2, 0) is 4.74 Å². The highest BCUT2D eigenvalue weighted by atomic mass is 16.5. The maximum atomic E-state index is 12.8. The summed E-state index contributed by atoms with van der Waals surface area (Å²) in [6.07, 6.45) is 3.51. The first-order valence-corrected chi connectivity index (χ1v) is 7.20. The average Bonchev–Trinajstić information content (AvgIpc) is 2.94. The normalized spacial score (nSPS) is 25.4. The number of nitrogens with one attached hydrogen (secondary N) is 1. The van der Waals surface area contributed by atoms with Crippen LogP contribution in [0.1, 0.15) is 35.2 Å². The zero-order chi connectivity index (χ0) is 14.1. The van der Waals surface area contributed by atoms with Gasteiger partial charge in [-0.2, -0.15) is 0 Å². The van der Waals surface area contributed by atoms with Gasteiger partial charge in [-0.3, -0.25) is 10.6 Å². The van der Waals surface area contributed by atoms with Gasteiger partial charge in [-0.1, -0.05) is 0 Å². The summed E-state index contributed by atoms with van der Waals surface area (Å²) < 4.78 is 5.76. The number of carbonyl (C=O) groups is 1. The van der Waals surface area contributed by atoms with Crippen molar-refractivity contribution in [2.75, 3.05) is 18.6 Å². The van der Waals surface area contributed by atoms with Crippen molar-refractivity contribution in [1.29, 1.82) is 0 Å². The number of hydrazine groups is 1. The number of amides is 1. The fourth-order valence-corrected chi connectivity index (χ4v) is 3.33. The molecule has 3 rings (SSSR count). The van der Waals surface area contributed by atoms with E-state index in [1.54, 1.807) is 0 Å². The molecule has 1 saturated heterocycles. The minimum Gasteiger partial charge on any atom is -0.374 e. The summed E-state index contributed by atoms with van der Waals surface area (Å²) in [7, 11) is 0. The summed E-state index contributed by atoms with van der Waals surface area (Å²) in [5, 5.41) is 0. The maximum absolute atomic E-state index is 12.8. The molecule has 20 heavy (non-hydrogen) atoms. The van der Waals surface area contributed by atoms with Crippen LogP contribution in [-0.4, -0.2) is 36.1 Å². The third-order valence-corrected chi connectivity index (χ3v) is 4.37. The molecular formula is C15H21N3O2. The number of hydrogen-bond donors (Lipinski definition) is 2. The standard InChI is InChI=1S/C15H21N3O2/c1-10-9-11(17-16)5-6-12(10)15(19)18-7-8-20-14-4-2-3-13(14)18/h5-6,9,13-14,17H,2-4,7-8,16H2,1H3. The van der Waals surface area contributed by atoms with Crippen molar-refractivity contribution in [3.8, 4) is 0 Å². The Morgan fingerprint density at radius 1 is 1.45 bits per heavy atom. The first-order valence-electron chi connectivity index (χ1n) is 7.20. The van der Waals surface area contributed by atoms with Crippen LogP contribution in [0.15, 0.2) is 18.2 Å². The molecule has 2 aliphatic rings. The van der Waals surface area contributed by atoms with E-state index in [-0.39, 0.29) is 18.1 Å². The molecule has 1 aliphatic carbocycles. The molecule has 5 nitrogen and oxygen atoms in total. The van der Waals surface area contributed by atoms with Gasteiger partial charge in [0.1, 0.15) is 0 Å². The third-order valence-electron chi connectivity index (χ3n) is 4.37. The molecule has 0 spiro atoms. The molecule has 1 aromatic rings. The number of carbonyl (C=O) groups excluding carboxylic acids is 1. The Morgan fingerprint density at radius 2 is 2.30 bits per heavy atom. The summed E-state index contributed by atoms with van der Waals surface area (Å²) in [4.78, 5) is 14.8. The Kier molecular flexibility index (Phi) is 3.63. The number of nitrogens with two attached hydrogens (primary N) is 1. The van der Waals surface area contributed by atoms with Crippen LogP contribution in [0.2, 0.25) is 0 Å². The smallest absolute Gasteiger partial charge is 0.254 e. The Bertz CT molecular complexity index is 518. The van der Waals surface area contributed by atoms with Crippen LogP contribution in [0.3, 0.4) is 0 Å². The molecule has 2 fully saturated rings. The second-order valence-electron chi connectivity index (χ2n) is 5.58. The Balaban J connectivity index is 1.84. The monoisotopic (exact) mass is 275 g/mol. The van der Waals surface area contributed by atoms with E-state index in [0.717, 1.165) is 36.1 Å². The van der Waals surface area contributed by atoms with E-state index in [1.165, 1.54) is 0 Å². The molecular weight excluding hydrogens is 254 g/mol. The number of fused-ring (bicyclic) bond motifs is 1. The summed E-state index contributed by atoms with van der Waals surface area (Å²) in [6.45, 7) is 3.28. The Morgan fingerprint density at radius 3 is 3.05 bits per heavy atom. The van der Waals surface area contributed by atoms with E-state index in [2.05, 4.69) is 5.43 Å². The number of aryl methyl sites for hydroxylation is 1. The molecule has 2 atom stereocenters. The molecule has 1 saturated carbocycles. The second kappa shape index (κ2) is 5.42. The summed E-state index contributed by atoms with van der Waals surface area (Å²) >= 11 is 0. The fraction of sp³-hybridized carbons (Fsp3) is 0.533. The second-order valence-corrected chi connectivity index (χ2v) is 5.58. The number of anilines is 1. The summed E-state index contributed by atoms with van der Waals surface area (Å²) in [5.41, 5.74) is 5.14. The van der Waals surface area contributed by atoms with Crippen molar-refractivity contribution in [3.63, 3.8) is 0 Å². The van der Waals surface area contributed by atoms with E-state index >= 15 is 0 Å². The molecule has 0 bridgehead atoms.